The molecule has 19 heavy (non-hydrogen) atoms. The van der Waals surface area contributed by atoms with E-state index in [-0.39, 0.29) is 6.10 Å². The number of hydrogen-bond acceptors (Lipinski definition) is 3. The average Bonchev–Trinajstić information content (AvgIpc) is 2.69. The molecule has 3 heteroatoms. The highest BCUT2D eigenvalue weighted by Gasteiger charge is 2.34. The van der Waals surface area contributed by atoms with Gasteiger partial charge in [-0.1, -0.05) is 13.8 Å². The highest BCUT2D eigenvalue weighted by Crippen LogP contribution is 2.39. The molecular formula is C16H32N2O. The predicted molar refractivity (Wildman–Crippen MR) is 80.2 cm³/mol. The van der Waals surface area contributed by atoms with Crippen LogP contribution in [0.15, 0.2) is 0 Å². The van der Waals surface area contributed by atoms with Gasteiger partial charge >= 0.3 is 0 Å². The van der Waals surface area contributed by atoms with Gasteiger partial charge in [0.1, 0.15) is 0 Å². The van der Waals surface area contributed by atoms with Gasteiger partial charge in [-0.05, 0) is 63.6 Å². The Morgan fingerprint density at radius 3 is 2.63 bits per heavy atom. The van der Waals surface area contributed by atoms with Crippen LogP contribution in [0.25, 0.3) is 0 Å². The monoisotopic (exact) mass is 268 g/mol. The molecule has 0 aromatic heterocycles. The lowest BCUT2D eigenvalue weighted by Crippen LogP contribution is -2.41. The number of nitrogens with zero attached hydrogens (tertiary/aromatic N) is 2. The summed E-state index contributed by atoms with van der Waals surface area (Å²) in [6.07, 6.45) is 4.57. The molecule has 1 saturated heterocycles. The Balaban J connectivity index is 1.79. The summed E-state index contributed by atoms with van der Waals surface area (Å²) in [5.74, 6) is 1.29. The molecule has 2 aliphatic rings. The summed E-state index contributed by atoms with van der Waals surface area (Å²) in [4.78, 5) is 4.89. The summed E-state index contributed by atoms with van der Waals surface area (Å²) in [5, 5.41) is 10.2. The first-order valence-corrected chi connectivity index (χ1v) is 7.91. The van der Waals surface area contributed by atoms with E-state index in [1.807, 2.05) is 0 Å². The zero-order valence-electron chi connectivity index (χ0n) is 13.2. The number of hydrogen-bond donors (Lipinski definition) is 1. The zero-order chi connectivity index (χ0) is 14.0. The van der Waals surface area contributed by atoms with Gasteiger partial charge in [0, 0.05) is 19.6 Å². The number of rotatable bonds is 4. The van der Waals surface area contributed by atoms with Crippen molar-refractivity contribution in [3.8, 4) is 0 Å². The van der Waals surface area contributed by atoms with Gasteiger partial charge in [-0.15, -0.1) is 0 Å². The van der Waals surface area contributed by atoms with Crippen LogP contribution in [0.5, 0.6) is 0 Å². The van der Waals surface area contributed by atoms with Gasteiger partial charge in [0.2, 0.25) is 0 Å². The Hall–Kier alpha value is -0.120. The molecule has 0 bridgehead atoms. The van der Waals surface area contributed by atoms with Gasteiger partial charge in [0.05, 0.1) is 6.10 Å². The molecule has 1 heterocycles. The maximum atomic E-state index is 10.2. The summed E-state index contributed by atoms with van der Waals surface area (Å²) in [5.41, 5.74) is 0.415. The fourth-order valence-corrected chi connectivity index (χ4v) is 4.00. The first-order chi connectivity index (χ1) is 8.85. The second-order valence-electron chi connectivity index (χ2n) is 7.87. The first-order valence-electron chi connectivity index (χ1n) is 7.91. The van der Waals surface area contributed by atoms with Crippen molar-refractivity contribution in [3.63, 3.8) is 0 Å². The van der Waals surface area contributed by atoms with E-state index in [9.17, 15) is 5.11 Å². The predicted octanol–water partition coefficient (Wildman–Crippen LogP) is 2.06. The maximum absolute atomic E-state index is 10.2. The third-order valence-electron chi connectivity index (χ3n) is 5.08. The smallest absolute Gasteiger partial charge is 0.0581 e. The lowest BCUT2D eigenvalue weighted by Gasteiger charge is -2.40. The van der Waals surface area contributed by atoms with Crippen molar-refractivity contribution in [2.75, 3.05) is 40.3 Å². The van der Waals surface area contributed by atoms with Crippen LogP contribution in [-0.4, -0.2) is 61.3 Å². The largest absolute Gasteiger partial charge is 0.393 e. The molecule has 2 rings (SSSR count). The Morgan fingerprint density at radius 1 is 1.26 bits per heavy atom. The maximum Gasteiger partial charge on any atom is 0.0581 e. The van der Waals surface area contributed by atoms with Crippen LogP contribution in [0.2, 0.25) is 0 Å². The van der Waals surface area contributed by atoms with Gasteiger partial charge in [-0.2, -0.15) is 0 Å². The number of aliphatic hydroxyl groups excluding tert-OH is 1. The molecule has 0 amide bonds. The summed E-state index contributed by atoms with van der Waals surface area (Å²) >= 11 is 0. The third kappa shape index (κ3) is 4.44. The molecule has 0 aromatic carbocycles. The molecular weight excluding hydrogens is 236 g/mol. The van der Waals surface area contributed by atoms with Gasteiger partial charge in [-0.3, -0.25) is 0 Å². The topological polar surface area (TPSA) is 26.7 Å². The molecule has 3 unspecified atom stereocenters. The Bertz CT molecular complexity index is 292. The Kier molecular flexibility index (Phi) is 4.91. The number of likely N-dealkylation sites (tertiary alicyclic amines) is 1. The quantitative estimate of drug-likeness (QED) is 0.845. The molecule has 2 fully saturated rings. The molecule has 0 aromatic rings. The van der Waals surface area contributed by atoms with Crippen molar-refractivity contribution in [2.45, 2.75) is 45.6 Å². The SMILES string of the molecule is CN1CCC(CN(C)CC2CC(C)(C)CCC2O)C1. The summed E-state index contributed by atoms with van der Waals surface area (Å²) in [6.45, 7) is 9.43. The Labute approximate surface area is 119 Å². The van der Waals surface area contributed by atoms with Crippen molar-refractivity contribution in [2.24, 2.45) is 17.3 Å². The van der Waals surface area contributed by atoms with E-state index < -0.39 is 0 Å². The molecule has 1 N–H and O–H groups in total. The van der Waals surface area contributed by atoms with Crippen molar-refractivity contribution >= 4 is 0 Å². The third-order valence-corrected chi connectivity index (χ3v) is 5.08. The van der Waals surface area contributed by atoms with Crippen LogP contribution in [0.1, 0.15) is 39.5 Å². The molecule has 112 valence electrons. The van der Waals surface area contributed by atoms with Crippen LogP contribution < -0.4 is 0 Å². The fraction of sp³-hybridized carbons (Fsp3) is 1.00. The minimum Gasteiger partial charge on any atom is -0.393 e. The fourth-order valence-electron chi connectivity index (χ4n) is 4.00. The first kappa shape index (κ1) is 15.3. The van der Waals surface area contributed by atoms with E-state index in [1.165, 1.54) is 38.9 Å². The standard InChI is InChI=1S/C16H32N2O/c1-16(2)7-5-15(19)14(9-16)12-18(4)11-13-6-8-17(3)10-13/h13-15,19H,5-12H2,1-4H3. The van der Waals surface area contributed by atoms with Crippen LogP contribution in [0, 0.1) is 17.3 Å². The molecule has 1 aliphatic heterocycles. The van der Waals surface area contributed by atoms with Gasteiger partial charge in [0.25, 0.3) is 0 Å². The van der Waals surface area contributed by atoms with E-state index in [2.05, 4.69) is 37.7 Å². The van der Waals surface area contributed by atoms with Crippen molar-refractivity contribution in [1.82, 2.24) is 9.80 Å². The van der Waals surface area contributed by atoms with Crippen molar-refractivity contribution in [3.05, 3.63) is 0 Å². The Morgan fingerprint density at radius 2 is 2.00 bits per heavy atom. The second kappa shape index (κ2) is 6.11. The summed E-state index contributed by atoms with van der Waals surface area (Å²) in [6, 6.07) is 0. The van der Waals surface area contributed by atoms with Gasteiger partial charge in [-0.25, -0.2) is 0 Å². The summed E-state index contributed by atoms with van der Waals surface area (Å²) in [7, 11) is 4.44. The minimum absolute atomic E-state index is 0.0817. The summed E-state index contributed by atoms with van der Waals surface area (Å²) < 4.78 is 0. The van der Waals surface area contributed by atoms with E-state index in [0.717, 1.165) is 18.9 Å². The number of aliphatic hydroxyl groups is 1. The normalized spacial score (nSPS) is 36.0. The van der Waals surface area contributed by atoms with Crippen LogP contribution >= 0.6 is 0 Å². The second-order valence-corrected chi connectivity index (χ2v) is 7.87. The molecule has 3 nitrogen and oxygen atoms in total. The van der Waals surface area contributed by atoms with Crippen molar-refractivity contribution in [1.29, 1.82) is 0 Å². The zero-order valence-corrected chi connectivity index (χ0v) is 13.2. The molecule has 0 radical (unpaired) electrons. The lowest BCUT2D eigenvalue weighted by atomic mass is 9.71. The lowest BCUT2D eigenvalue weighted by molar-refractivity contribution is 0.00615. The van der Waals surface area contributed by atoms with Gasteiger partial charge < -0.3 is 14.9 Å². The van der Waals surface area contributed by atoms with E-state index in [4.69, 9.17) is 0 Å². The molecule has 1 aliphatic carbocycles. The van der Waals surface area contributed by atoms with Crippen LogP contribution in [-0.2, 0) is 0 Å². The van der Waals surface area contributed by atoms with Crippen LogP contribution in [0.3, 0.4) is 0 Å². The van der Waals surface area contributed by atoms with Gasteiger partial charge in [0.15, 0.2) is 0 Å². The van der Waals surface area contributed by atoms with E-state index in [0.29, 0.717) is 11.3 Å². The molecule has 3 atom stereocenters. The molecule has 1 saturated carbocycles. The van der Waals surface area contributed by atoms with Crippen molar-refractivity contribution < 1.29 is 5.11 Å². The minimum atomic E-state index is -0.0817. The van der Waals surface area contributed by atoms with E-state index >= 15 is 0 Å². The van der Waals surface area contributed by atoms with E-state index in [1.54, 1.807) is 0 Å². The average molecular weight is 268 g/mol. The highest BCUT2D eigenvalue weighted by molar-refractivity contribution is 4.86. The highest BCUT2D eigenvalue weighted by atomic mass is 16.3. The van der Waals surface area contributed by atoms with Crippen LogP contribution in [0.4, 0.5) is 0 Å². The molecule has 0 spiro atoms.